The molecule has 0 fully saturated rings. The molecular formula is C14H19NO. The summed E-state index contributed by atoms with van der Waals surface area (Å²) in [6.45, 7) is 2.09. The lowest BCUT2D eigenvalue weighted by Crippen LogP contribution is -2.09. The van der Waals surface area contributed by atoms with Crippen LogP contribution in [0.25, 0.3) is 0 Å². The number of ketones is 1. The number of hydrogen-bond donors (Lipinski definition) is 0. The first-order valence-electron chi connectivity index (χ1n) is 5.62. The number of carbonyl (C=O) groups is 1. The smallest absolute Gasteiger partial charge is 0.190 e. The largest absolute Gasteiger partial charge is 0.383 e. The molecule has 1 rings (SSSR count). The van der Waals surface area contributed by atoms with Gasteiger partial charge in [-0.1, -0.05) is 43.7 Å². The average molecular weight is 217 g/mol. The van der Waals surface area contributed by atoms with Crippen LogP contribution < -0.4 is 0 Å². The molecule has 1 aromatic rings. The predicted octanol–water partition coefficient (Wildman–Crippen LogP) is 3.11. The highest BCUT2D eigenvalue weighted by atomic mass is 16.1. The third-order valence-electron chi connectivity index (χ3n) is 2.26. The first-order valence-corrected chi connectivity index (χ1v) is 5.62. The van der Waals surface area contributed by atoms with E-state index in [-0.39, 0.29) is 5.78 Å². The van der Waals surface area contributed by atoms with Crippen LogP contribution in [0.15, 0.2) is 42.1 Å². The molecule has 16 heavy (non-hydrogen) atoms. The van der Waals surface area contributed by atoms with Gasteiger partial charge in [0.1, 0.15) is 0 Å². The molecule has 0 saturated carbocycles. The topological polar surface area (TPSA) is 20.3 Å². The van der Waals surface area contributed by atoms with Gasteiger partial charge in [0.2, 0.25) is 0 Å². The molecule has 86 valence electrons. The van der Waals surface area contributed by atoms with Crippen molar-refractivity contribution in [1.29, 1.82) is 0 Å². The Kier molecular flexibility index (Phi) is 4.77. The summed E-state index contributed by atoms with van der Waals surface area (Å²) in [7, 11) is 3.88. The quantitative estimate of drug-likeness (QED) is 0.558. The van der Waals surface area contributed by atoms with Gasteiger partial charge < -0.3 is 4.90 Å². The summed E-state index contributed by atoms with van der Waals surface area (Å²) in [5.74, 6) is 0.135. The number of hydrogen-bond acceptors (Lipinski definition) is 2. The summed E-state index contributed by atoms with van der Waals surface area (Å²) < 4.78 is 0. The lowest BCUT2D eigenvalue weighted by atomic mass is 10.0. The van der Waals surface area contributed by atoms with Gasteiger partial charge in [0, 0.05) is 31.4 Å². The van der Waals surface area contributed by atoms with Crippen LogP contribution in [0, 0.1) is 0 Å². The van der Waals surface area contributed by atoms with E-state index in [2.05, 4.69) is 6.92 Å². The van der Waals surface area contributed by atoms with Crippen molar-refractivity contribution in [1.82, 2.24) is 4.90 Å². The second-order valence-corrected chi connectivity index (χ2v) is 4.06. The Labute approximate surface area is 97.6 Å². The predicted molar refractivity (Wildman–Crippen MR) is 67.5 cm³/mol. The van der Waals surface area contributed by atoms with Gasteiger partial charge in [-0.05, 0) is 6.42 Å². The molecule has 0 aromatic heterocycles. The molecule has 1 aromatic carbocycles. The van der Waals surface area contributed by atoms with E-state index in [1.165, 1.54) is 0 Å². The van der Waals surface area contributed by atoms with E-state index in [1.807, 2.05) is 55.5 Å². The number of nitrogens with zero attached hydrogens (tertiary/aromatic N) is 1. The van der Waals surface area contributed by atoms with Crippen LogP contribution in [0.3, 0.4) is 0 Å². The zero-order chi connectivity index (χ0) is 12.0. The van der Waals surface area contributed by atoms with Crippen LogP contribution in [-0.2, 0) is 0 Å². The zero-order valence-corrected chi connectivity index (χ0v) is 10.2. The maximum absolute atomic E-state index is 12.2. The molecule has 0 saturated heterocycles. The van der Waals surface area contributed by atoms with Gasteiger partial charge >= 0.3 is 0 Å². The van der Waals surface area contributed by atoms with E-state index in [0.717, 1.165) is 24.0 Å². The monoisotopic (exact) mass is 217 g/mol. The second-order valence-electron chi connectivity index (χ2n) is 4.06. The summed E-state index contributed by atoms with van der Waals surface area (Å²) in [5, 5.41) is 0. The van der Waals surface area contributed by atoms with E-state index in [4.69, 9.17) is 0 Å². The minimum absolute atomic E-state index is 0.135. The second kappa shape index (κ2) is 6.11. The van der Waals surface area contributed by atoms with Gasteiger partial charge in [0.15, 0.2) is 5.78 Å². The van der Waals surface area contributed by atoms with Crippen LogP contribution in [0.1, 0.15) is 30.1 Å². The van der Waals surface area contributed by atoms with Crippen molar-refractivity contribution in [3.63, 3.8) is 0 Å². The molecule has 0 atom stereocenters. The van der Waals surface area contributed by atoms with Gasteiger partial charge in [-0.15, -0.1) is 0 Å². The van der Waals surface area contributed by atoms with E-state index >= 15 is 0 Å². The summed E-state index contributed by atoms with van der Waals surface area (Å²) >= 11 is 0. The molecule has 0 radical (unpaired) electrons. The Morgan fingerprint density at radius 2 is 1.88 bits per heavy atom. The fourth-order valence-corrected chi connectivity index (χ4v) is 1.59. The molecule has 0 heterocycles. The standard InChI is InChI=1S/C14H19NO/c1-4-8-13(11-15(2)3)14(16)12-9-6-5-7-10-12/h5-7,9-11H,4,8H2,1-3H3/b13-11+. The zero-order valence-electron chi connectivity index (χ0n) is 10.2. The molecule has 0 amide bonds. The fraction of sp³-hybridized carbons (Fsp3) is 0.357. The Bertz CT molecular complexity index is 366. The lowest BCUT2D eigenvalue weighted by Gasteiger charge is -2.10. The molecule has 0 aliphatic carbocycles. The minimum atomic E-state index is 0.135. The Morgan fingerprint density at radius 3 is 2.38 bits per heavy atom. The first-order chi connectivity index (χ1) is 7.65. The van der Waals surface area contributed by atoms with E-state index in [9.17, 15) is 4.79 Å². The van der Waals surface area contributed by atoms with Gasteiger partial charge in [-0.3, -0.25) is 4.79 Å². The maximum atomic E-state index is 12.2. The first kappa shape index (κ1) is 12.5. The average Bonchev–Trinajstić information content (AvgIpc) is 2.28. The van der Waals surface area contributed by atoms with Crippen molar-refractivity contribution in [3.8, 4) is 0 Å². The number of rotatable bonds is 5. The van der Waals surface area contributed by atoms with E-state index < -0.39 is 0 Å². The van der Waals surface area contributed by atoms with Crippen molar-refractivity contribution in [3.05, 3.63) is 47.7 Å². The van der Waals surface area contributed by atoms with Crippen LogP contribution in [0.4, 0.5) is 0 Å². The van der Waals surface area contributed by atoms with Gasteiger partial charge in [0.05, 0.1) is 0 Å². The number of Topliss-reactive ketones (excluding diaryl/α,β-unsaturated/α-hetero) is 1. The number of carbonyl (C=O) groups excluding carboxylic acids is 1. The van der Waals surface area contributed by atoms with Gasteiger partial charge in [-0.2, -0.15) is 0 Å². The van der Waals surface area contributed by atoms with Gasteiger partial charge in [-0.25, -0.2) is 0 Å². The molecule has 2 nitrogen and oxygen atoms in total. The molecule has 2 heteroatoms. The van der Waals surface area contributed by atoms with Crippen molar-refractivity contribution in [2.75, 3.05) is 14.1 Å². The van der Waals surface area contributed by atoms with Gasteiger partial charge in [0.25, 0.3) is 0 Å². The minimum Gasteiger partial charge on any atom is -0.383 e. The van der Waals surface area contributed by atoms with Crippen LogP contribution in [0.2, 0.25) is 0 Å². The normalized spacial score (nSPS) is 11.3. The molecule has 0 unspecified atom stereocenters. The summed E-state index contributed by atoms with van der Waals surface area (Å²) in [4.78, 5) is 14.1. The molecule has 0 aliphatic rings. The van der Waals surface area contributed by atoms with Crippen molar-refractivity contribution in [2.45, 2.75) is 19.8 Å². The SMILES string of the molecule is CCC/C(=C\N(C)C)C(=O)c1ccccc1. The number of allylic oxidation sites excluding steroid dienone is 1. The third kappa shape index (κ3) is 3.54. The Morgan fingerprint density at radius 1 is 1.25 bits per heavy atom. The van der Waals surface area contributed by atoms with E-state index in [0.29, 0.717) is 0 Å². The highest BCUT2D eigenvalue weighted by molar-refractivity contribution is 6.08. The highest BCUT2D eigenvalue weighted by Gasteiger charge is 2.11. The summed E-state index contributed by atoms with van der Waals surface area (Å²) in [6.07, 6.45) is 3.73. The summed E-state index contributed by atoms with van der Waals surface area (Å²) in [5.41, 5.74) is 1.64. The lowest BCUT2D eigenvalue weighted by molar-refractivity contribution is 0.102. The van der Waals surface area contributed by atoms with Crippen molar-refractivity contribution >= 4 is 5.78 Å². The number of benzene rings is 1. The maximum Gasteiger partial charge on any atom is 0.190 e. The Hall–Kier alpha value is -1.57. The van der Waals surface area contributed by atoms with Crippen molar-refractivity contribution < 1.29 is 4.79 Å². The van der Waals surface area contributed by atoms with E-state index in [1.54, 1.807) is 0 Å². The Balaban J connectivity index is 2.92. The van der Waals surface area contributed by atoms with Crippen LogP contribution >= 0.6 is 0 Å². The molecular weight excluding hydrogens is 198 g/mol. The van der Waals surface area contributed by atoms with Crippen molar-refractivity contribution in [2.24, 2.45) is 0 Å². The molecule has 0 bridgehead atoms. The molecule has 0 spiro atoms. The summed E-state index contributed by atoms with van der Waals surface area (Å²) in [6, 6.07) is 9.44. The molecule has 0 N–H and O–H groups in total. The third-order valence-corrected chi connectivity index (χ3v) is 2.26. The van der Waals surface area contributed by atoms with Crippen LogP contribution in [0.5, 0.6) is 0 Å². The fourth-order valence-electron chi connectivity index (χ4n) is 1.59. The highest BCUT2D eigenvalue weighted by Crippen LogP contribution is 2.13. The molecule has 0 aliphatic heterocycles. The van der Waals surface area contributed by atoms with Crippen LogP contribution in [-0.4, -0.2) is 24.8 Å².